The van der Waals surface area contributed by atoms with Gasteiger partial charge in [-0.1, -0.05) is 26.2 Å². The maximum Gasteiger partial charge on any atom is 0.338 e. The Kier molecular flexibility index (Phi) is 4.86. The summed E-state index contributed by atoms with van der Waals surface area (Å²) in [5, 5.41) is 9.48. The summed E-state index contributed by atoms with van der Waals surface area (Å²) in [5.74, 6) is -1.17. The normalized spacial score (nSPS) is 23.3. The van der Waals surface area contributed by atoms with Gasteiger partial charge >= 0.3 is 5.97 Å². The Labute approximate surface area is 117 Å². The fourth-order valence-corrected chi connectivity index (χ4v) is 4.20. The van der Waals surface area contributed by atoms with Crippen LogP contribution in [0, 0.1) is 11.7 Å². The molecule has 1 fully saturated rings. The van der Waals surface area contributed by atoms with Gasteiger partial charge in [-0.3, -0.25) is 0 Å². The SMILES string of the molecule is CCC1CCCCC1Sc1ccc(F)c(C(=O)O)c1. The van der Waals surface area contributed by atoms with E-state index in [0.717, 1.165) is 11.3 Å². The molecule has 2 rings (SSSR count). The third kappa shape index (κ3) is 3.50. The molecule has 0 heterocycles. The highest BCUT2D eigenvalue weighted by Gasteiger charge is 2.25. The molecule has 0 bridgehead atoms. The molecule has 1 aromatic carbocycles. The second-order valence-electron chi connectivity index (χ2n) is 5.06. The first-order chi connectivity index (χ1) is 9.11. The van der Waals surface area contributed by atoms with Crippen LogP contribution in [0.1, 0.15) is 49.4 Å². The summed E-state index contributed by atoms with van der Waals surface area (Å²) in [6.07, 6.45) is 6.11. The predicted molar refractivity (Wildman–Crippen MR) is 75.3 cm³/mol. The summed E-state index contributed by atoms with van der Waals surface area (Å²) < 4.78 is 13.4. The largest absolute Gasteiger partial charge is 0.478 e. The molecule has 0 saturated heterocycles. The van der Waals surface area contributed by atoms with Crippen molar-refractivity contribution in [3.63, 3.8) is 0 Å². The van der Waals surface area contributed by atoms with Crippen LogP contribution in [0.5, 0.6) is 0 Å². The Morgan fingerprint density at radius 1 is 1.42 bits per heavy atom. The monoisotopic (exact) mass is 282 g/mol. The summed E-state index contributed by atoms with van der Waals surface area (Å²) in [6.45, 7) is 2.21. The molecule has 1 aliphatic rings. The molecule has 2 nitrogen and oxygen atoms in total. The number of halogens is 1. The van der Waals surface area contributed by atoms with E-state index in [9.17, 15) is 9.18 Å². The van der Waals surface area contributed by atoms with Crippen molar-refractivity contribution in [1.82, 2.24) is 0 Å². The molecule has 1 aromatic rings. The van der Waals surface area contributed by atoms with Gasteiger partial charge in [-0.15, -0.1) is 11.8 Å². The lowest BCUT2D eigenvalue weighted by Gasteiger charge is -2.30. The maximum atomic E-state index is 13.4. The van der Waals surface area contributed by atoms with Crippen molar-refractivity contribution in [2.24, 2.45) is 5.92 Å². The number of hydrogen-bond acceptors (Lipinski definition) is 2. The van der Waals surface area contributed by atoms with Gasteiger partial charge in [-0.2, -0.15) is 0 Å². The third-order valence-electron chi connectivity index (χ3n) is 3.82. The lowest BCUT2D eigenvalue weighted by Crippen LogP contribution is -2.21. The molecule has 1 N–H and O–H groups in total. The van der Waals surface area contributed by atoms with E-state index in [4.69, 9.17) is 5.11 Å². The van der Waals surface area contributed by atoms with Crippen LogP contribution in [-0.2, 0) is 0 Å². The van der Waals surface area contributed by atoms with Gasteiger partial charge in [0.1, 0.15) is 5.82 Å². The minimum atomic E-state index is -1.20. The number of benzene rings is 1. The van der Waals surface area contributed by atoms with E-state index in [0.29, 0.717) is 11.2 Å². The topological polar surface area (TPSA) is 37.3 Å². The molecule has 0 amide bonds. The van der Waals surface area contributed by atoms with Crippen molar-refractivity contribution in [1.29, 1.82) is 0 Å². The molecular weight excluding hydrogens is 263 g/mol. The van der Waals surface area contributed by atoms with Crippen LogP contribution in [0.2, 0.25) is 0 Å². The number of rotatable bonds is 4. The fraction of sp³-hybridized carbons (Fsp3) is 0.533. The zero-order valence-electron chi connectivity index (χ0n) is 11.1. The van der Waals surface area contributed by atoms with Crippen molar-refractivity contribution >= 4 is 17.7 Å². The average molecular weight is 282 g/mol. The lowest BCUT2D eigenvalue weighted by molar-refractivity contribution is 0.0691. The molecule has 4 heteroatoms. The number of carboxylic acid groups (broad SMARTS) is 1. The highest BCUT2D eigenvalue weighted by Crippen LogP contribution is 2.39. The summed E-state index contributed by atoms with van der Waals surface area (Å²) >= 11 is 1.71. The van der Waals surface area contributed by atoms with Gasteiger partial charge in [-0.25, -0.2) is 9.18 Å². The molecular formula is C15H19FO2S. The van der Waals surface area contributed by atoms with E-state index < -0.39 is 11.8 Å². The molecule has 1 saturated carbocycles. The van der Waals surface area contributed by atoms with E-state index in [2.05, 4.69) is 6.92 Å². The van der Waals surface area contributed by atoms with E-state index in [-0.39, 0.29) is 5.56 Å². The smallest absolute Gasteiger partial charge is 0.338 e. The molecule has 0 radical (unpaired) electrons. The minimum absolute atomic E-state index is 0.228. The van der Waals surface area contributed by atoms with Crippen molar-refractivity contribution in [3.05, 3.63) is 29.6 Å². The van der Waals surface area contributed by atoms with Gasteiger partial charge in [-0.05, 0) is 37.0 Å². The number of thioether (sulfide) groups is 1. The van der Waals surface area contributed by atoms with E-state index in [1.54, 1.807) is 17.8 Å². The van der Waals surface area contributed by atoms with Gasteiger partial charge in [0.25, 0.3) is 0 Å². The average Bonchev–Trinajstić information content (AvgIpc) is 2.41. The molecule has 0 spiro atoms. The highest BCUT2D eigenvalue weighted by atomic mass is 32.2. The molecule has 2 unspecified atom stereocenters. The first-order valence-corrected chi connectivity index (χ1v) is 7.69. The Hall–Kier alpha value is -1.03. The molecule has 0 aromatic heterocycles. The molecule has 104 valence electrons. The second kappa shape index (κ2) is 6.42. The van der Waals surface area contributed by atoms with Gasteiger partial charge in [0.15, 0.2) is 0 Å². The van der Waals surface area contributed by atoms with E-state index >= 15 is 0 Å². The van der Waals surface area contributed by atoms with Crippen molar-refractivity contribution < 1.29 is 14.3 Å². The van der Waals surface area contributed by atoms with Gasteiger partial charge in [0.05, 0.1) is 5.56 Å². The lowest BCUT2D eigenvalue weighted by atomic mass is 9.87. The summed E-state index contributed by atoms with van der Waals surface area (Å²) in [4.78, 5) is 11.8. The van der Waals surface area contributed by atoms with Crippen molar-refractivity contribution in [2.45, 2.75) is 49.2 Å². The van der Waals surface area contributed by atoms with E-state index in [1.807, 2.05) is 0 Å². The standard InChI is InChI=1S/C15H19FO2S/c1-2-10-5-3-4-6-14(10)19-11-7-8-13(16)12(9-11)15(17)18/h7-10,14H,2-6H2,1H3,(H,17,18). The third-order valence-corrected chi connectivity index (χ3v) is 5.27. The second-order valence-corrected chi connectivity index (χ2v) is 6.37. The van der Waals surface area contributed by atoms with Crippen LogP contribution >= 0.6 is 11.8 Å². The summed E-state index contributed by atoms with van der Waals surface area (Å²) in [6, 6.07) is 4.41. The highest BCUT2D eigenvalue weighted by molar-refractivity contribution is 8.00. The zero-order valence-corrected chi connectivity index (χ0v) is 11.9. The van der Waals surface area contributed by atoms with Crippen LogP contribution in [0.25, 0.3) is 0 Å². The summed E-state index contributed by atoms with van der Waals surface area (Å²) in [7, 11) is 0. The summed E-state index contributed by atoms with van der Waals surface area (Å²) in [5.41, 5.74) is -0.228. The van der Waals surface area contributed by atoms with Crippen LogP contribution in [-0.4, -0.2) is 16.3 Å². The number of aromatic carboxylic acids is 1. The molecule has 1 aliphatic carbocycles. The molecule has 0 aliphatic heterocycles. The number of carboxylic acids is 1. The van der Waals surface area contributed by atoms with Crippen molar-refractivity contribution in [2.75, 3.05) is 0 Å². The molecule has 2 atom stereocenters. The Morgan fingerprint density at radius 2 is 2.16 bits per heavy atom. The van der Waals surface area contributed by atoms with Crippen LogP contribution in [0.3, 0.4) is 0 Å². The quantitative estimate of drug-likeness (QED) is 0.878. The fourth-order valence-electron chi connectivity index (χ4n) is 2.71. The van der Waals surface area contributed by atoms with Crippen molar-refractivity contribution in [3.8, 4) is 0 Å². The minimum Gasteiger partial charge on any atom is -0.478 e. The van der Waals surface area contributed by atoms with Gasteiger partial charge in [0.2, 0.25) is 0 Å². The van der Waals surface area contributed by atoms with Crippen LogP contribution in [0.4, 0.5) is 4.39 Å². The zero-order chi connectivity index (χ0) is 13.8. The van der Waals surface area contributed by atoms with E-state index in [1.165, 1.54) is 37.8 Å². The Balaban J connectivity index is 2.14. The van der Waals surface area contributed by atoms with Crippen LogP contribution < -0.4 is 0 Å². The number of hydrogen-bond donors (Lipinski definition) is 1. The Bertz CT molecular complexity index is 461. The Morgan fingerprint density at radius 3 is 2.84 bits per heavy atom. The van der Waals surface area contributed by atoms with Gasteiger partial charge in [0, 0.05) is 10.1 Å². The first-order valence-electron chi connectivity index (χ1n) is 6.81. The maximum absolute atomic E-state index is 13.4. The van der Waals surface area contributed by atoms with Gasteiger partial charge < -0.3 is 5.11 Å². The molecule has 19 heavy (non-hydrogen) atoms. The number of carbonyl (C=O) groups is 1. The predicted octanol–water partition coefficient (Wildman–Crippen LogP) is 4.58. The first kappa shape index (κ1) is 14.4. The van der Waals surface area contributed by atoms with Crippen LogP contribution in [0.15, 0.2) is 23.1 Å².